The summed E-state index contributed by atoms with van der Waals surface area (Å²) in [6.45, 7) is 4.51. The number of amides is 1. The zero-order valence-electron chi connectivity index (χ0n) is 11.7. The minimum absolute atomic E-state index is 0.324. The number of ether oxygens (including phenoxy) is 1. The van der Waals surface area contributed by atoms with Gasteiger partial charge in [0.15, 0.2) is 0 Å². The van der Waals surface area contributed by atoms with Gasteiger partial charge in [-0.2, -0.15) is 0 Å². The standard InChI is InChI=1S/C12H25N3O3/c1-5-8-15-12(2,11(17)18-4)7-6-9(14-3)10(13)16/h9,14-15H,5-8H2,1-4H3,(H2,13,16). The summed E-state index contributed by atoms with van der Waals surface area (Å²) in [4.78, 5) is 22.9. The number of esters is 1. The molecule has 0 radical (unpaired) electrons. The molecule has 106 valence electrons. The lowest BCUT2D eigenvalue weighted by atomic mass is 9.93. The maximum atomic E-state index is 11.8. The molecule has 0 bridgehead atoms. The van der Waals surface area contributed by atoms with Crippen LogP contribution in [0.15, 0.2) is 0 Å². The maximum absolute atomic E-state index is 11.8. The van der Waals surface area contributed by atoms with E-state index in [1.807, 2.05) is 6.92 Å². The number of likely N-dealkylation sites (N-methyl/N-ethyl adjacent to an activating group) is 1. The van der Waals surface area contributed by atoms with E-state index in [0.29, 0.717) is 19.4 Å². The molecule has 0 aliphatic heterocycles. The SMILES string of the molecule is CCCNC(C)(CCC(NC)C(N)=O)C(=O)OC. The van der Waals surface area contributed by atoms with Crippen molar-refractivity contribution in [3.8, 4) is 0 Å². The first-order valence-corrected chi connectivity index (χ1v) is 6.21. The van der Waals surface area contributed by atoms with Gasteiger partial charge in [0.25, 0.3) is 0 Å². The van der Waals surface area contributed by atoms with Gasteiger partial charge in [0.05, 0.1) is 13.2 Å². The molecule has 0 aromatic rings. The predicted octanol–water partition coefficient (Wildman–Crippen LogP) is -0.229. The third-order valence-electron chi connectivity index (χ3n) is 3.03. The lowest BCUT2D eigenvalue weighted by Crippen LogP contribution is -2.52. The average molecular weight is 259 g/mol. The van der Waals surface area contributed by atoms with Crippen LogP contribution in [0.1, 0.15) is 33.1 Å². The van der Waals surface area contributed by atoms with E-state index in [9.17, 15) is 9.59 Å². The molecule has 0 aromatic carbocycles. The number of hydrogen-bond acceptors (Lipinski definition) is 5. The fourth-order valence-corrected chi connectivity index (χ4v) is 1.75. The van der Waals surface area contributed by atoms with Gasteiger partial charge in [-0.05, 0) is 39.8 Å². The average Bonchev–Trinajstić information content (AvgIpc) is 2.35. The highest BCUT2D eigenvalue weighted by Gasteiger charge is 2.34. The highest BCUT2D eigenvalue weighted by Crippen LogP contribution is 2.16. The maximum Gasteiger partial charge on any atom is 0.325 e. The number of carbonyl (C=O) groups excluding carboxylic acids is 2. The molecule has 0 saturated heterocycles. The zero-order chi connectivity index (χ0) is 14.2. The number of primary amides is 1. The molecular formula is C12H25N3O3. The molecule has 0 fully saturated rings. The van der Waals surface area contributed by atoms with Crippen LogP contribution in [-0.4, -0.2) is 44.2 Å². The van der Waals surface area contributed by atoms with Gasteiger partial charge in [0.1, 0.15) is 5.54 Å². The van der Waals surface area contributed by atoms with Crippen LogP contribution in [0, 0.1) is 0 Å². The number of rotatable bonds is 9. The van der Waals surface area contributed by atoms with Crippen molar-refractivity contribution in [2.24, 2.45) is 5.73 Å². The molecule has 6 nitrogen and oxygen atoms in total. The van der Waals surface area contributed by atoms with E-state index in [0.717, 1.165) is 6.42 Å². The molecule has 0 aliphatic rings. The van der Waals surface area contributed by atoms with Crippen molar-refractivity contribution in [2.45, 2.75) is 44.7 Å². The summed E-state index contributed by atoms with van der Waals surface area (Å²) < 4.78 is 4.80. The van der Waals surface area contributed by atoms with Gasteiger partial charge < -0.3 is 21.1 Å². The summed E-state index contributed by atoms with van der Waals surface area (Å²) in [5, 5.41) is 5.99. The lowest BCUT2D eigenvalue weighted by Gasteiger charge is -2.29. The molecule has 1 amide bonds. The Morgan fingerprint density at radius 2 is 2.06 bits per heavy atom. The Labute approximate surface area is 109 Å². The Morgan fingerprint density at radius 3 is 2.44 bits per heavy atom. The molecule has 0 aromatic heterocycles. The fraction of sp³-hybridized carbons (Fsp3) is 0.833. The van der Waals surface area contributed by atoms with Crippen LogP contribution in [0.3, 0.4) is 0 Å². The molecule has 0 heterocycles. The Kier molecular flexibility index (Phi) is 7.54. The fourth-order valence-electron chi connectivity index (χ4n) is 1.75. The monoisotopic (exact) mass is 259 g/mol. The Morgan fingerprint density at radius 1 is 1.44 bits per heavy atom. The van der Waals surface area contributed by atoms with Gasteiger partial charge in [-0.3, -0.25) is 9.59 Å². The second kappa shape index (κ2) is 8.05. The molecule has 2 unspecified atom stereocenters. The van der Waals surface area contributed by atoms with Crippen molar-refractivity contribution in [1.29, 1.82) is 0 Å². The van der Waals surface area contributed by atoms with Gasteiger partial charge in [-0.1, -0.05) is 6.92 Å². The molecule has 0 aliphatic carbocycles. The molecule has 18 heavy (non-hydrogen) atoms. The van der Waals surface area contributed by atoms with Gasteiger partial charge in [0.2, 0.25) is 5.91 Å². The van der Waals surface area contributed by atoms with Crippen LogP contribution >= 0.6 is 0 Å². The highest BCUT2D eigenvalue weighted by atomic mass is 16.5. The van der Waals surface area contributed by atoms with Crippen LogP contribution in [0.25, 0.3) is 0 Å². The quantitative estimate of drug-likeness (QED) is 0.497. The van der Waals surface area contributed by atoms with Gasteiger partial charge in [-0.15, -0.1) is 0 Å². The third kappa shape index (κ3) is 5.01. The van der Waals surface area contributed by atoms with E-state index in [4.69, 9.17) is 10.5 Å². The lowest BCUT2D eigenvalue weighted by molar-refractivity contribution is -0.148. The van der Waals surface area contributed by atoms with E-state index in [2.05, 4.69) is 10.6 Å². The smallest absolute Gasteiger partial charge is 0.325 e. The van der Waals surface area contributed by atoms with Crippen LogP contribution in [0.4, 0.5) is 0 Å². The van der Waals surface area contributed by atoms with Crippen molar-refractivity contribution in [3.63, 3.8) is 0 Å². The number of hydrogen-bond donors (Lipinski definition) is 3. The second-order valence-corrected chi connectivity index (χ2v) is 4.53. The first kappa shape index (κ1) is 16.9. The highest BCUT2D eigenvalue weighted by molar-refractivity contribution is 5.81. The summed E-state index contributed by atoms with van der Waals surface area (Å²) in [5.74, 6) is -0.740. The Hall–Kier alpha value is -1.14. The molecular weight excluding hydrogens is 234 g/mol. The molecule has 2 atom stereocenters. The Balaban J connectivity index is 4.58. The topological polar surface area (TPSA) is 93.5 Å². The van der Waals surface area contributed by atoms with E-state index in [1.165, 1.54) is 7.11 Å². The summed E-state index contributed by atoms with van der Waals surface area (Å²) in [6.07, 6.45) is 1.88. The number of nitrogens with one attached hydrogen (secondary N) is 2. The van der Waals surface area contributed by atoms with Gasteiger partial charge in [0, 0.05) is 0 Å². The van der Waals surface area contributed by atoms with E-state index >= 15 is 0 Å². The van der Waals surface area contributed by atoms with Crippen LogP contribution < -0.4 is 16.4 Å². The van der Waals surface area contributed by atoms with Crippen LogP contribution in [0.2, 0.25) is 0 Å². The normalized spacial score (nSPS) is 15.8. The Bertz CT molecular complexity index is 284. The van der Waals surface area contributed by atoms with Crippen molar-refractivity contribution in [2.75, 3.05) is 20.7 Å². The van der Waals surface area contributed by atoms with Crippen molar-refractivity contribution in [1.82, 2.24) is 10.6 Å². The molecule has 0 spiro atoms. The first-order valence-electron chi connectivity index (χ1n) is 6.21. The minimum Gasteiger partial charge on any atom is -0.468 e. The summed E-state index contributed by atoms with van der Waals surface area (Å²) >= 11 is 0. The molecule has 0 saturated carbocycles. The van der Waals surface area contributed by atoms with E-state index in [-0.39, 0.29) is 5.97 Å². The van der Waals surface area contributed by atoms with Gasteiger partial charge >= 0.3 is 5.97 Å². The van der Waals surface area contributed by atoms with Gasteiger partial charge in [-0.25, -0.2) is 0 Å². The van der Waals surface area contributed by atoms with Crippen LogP contribution in [-0.2, 0) is 14.3 Å². The van der Waals surface area contributed by atoms with Crippen molar-refractivity contribution < 1.29 is 14.3 Å². The number of methoxy groups -OCH3 is 1. The predicted molar refractivity (Wildman–Crippen MR) is 70.0 cm³/mol. The van der Waals surface area contributed by atoms with E-state index in [1.54, 1.807) is 14.0 Å². The van der Waals surface area contributed by atoms with Crippen molar-refractivity contribution in [3.05, 3.63) is 0 Å². The van der Waals surface area contributed by atoms with Crippen LogP contribution in [0.5, 0.6) is 0 Å². The van der Waals surface area contributed by atoms with Crippen molar-refractivity contribution >= 4 is 11.9 Å². The largest absolute Gasteiger partial charge is 0.468 e. The number of nitrogens with two attached hydrogens (primary N) is 1. The third-order valence-corrected chi connectivity index (χ3v) is 3.03. The number of carbonyl (C=O) groups is 2. The molecule has 4 N–H and O–H groups in total. The zero-order valence-corrected chi connectivity index (χ0v) is 11.7. The van der Waals surface area contributed by atoms with E-state index < -0.39 is 17.5 Å². The second-order valence-electron chi connectivity index (χ2n) is 4.53. The molecule has 6 heteroatoms. The summed E-state index contributed by atoms with van der Waals surface area (Å²) in [5.41, 5.74) is 4.46. The molecule has 0 rings (SSSR count). The summed E-state index contributed by atoms with van der Waals surface area (Å²) in [6, 6.07) is -0.433. The first-order chi connectivity index (χ1) is 8.41. The summed E-state index contributed by atoms with van der Waals surface area (Å²) in [7, 11) is 3.03. The minimum atomic E-state index is -0.782.